The van der Waals surface area contributed by atoms with E-state index in [9.17, 15) is 5.11 Å². The lowest BCUT2D eigenvalue weighted by Crippen LogP contribution is -2.01. The van der Waals surface area contributed by atoms with Crippen LogP contribution in [0.15, 0.2) is 30.3 Å². The van der Waals surface area contributed by atoms with Gasteiger partial charge in [0.1, 0.15) is 5.75 Å². The molecule has 2 N–H and O–H groups in total. The predicted molar refractivity (Wildman–Crippen MR) is 85.0 cm³/mol. The molecule has 0 aliphatic carbocycles. The van der Waals surface area contributed by atoms with Gasteiger partial charge in [-0.2, -0.15) is 0 Å². The van der Waals surface area contributed by atoms with Crippen molar-refractivity contribution in [1.82, 2.24) is 0 Å². The molecule has 0 aliphatic rings. The molecule has 6 heteroatoms. The highest BCUT2D eigenvalue weighted by Crippen LogP contribution is 2.36. The molecule has 0 fully saturated rings. The monoisotopic (exact) mass is 327 g/mol. The standard InChI is InChI=1S/C15H15Cl2NO3/c1-20-14-6-9(5-12(17)15(14)21-2)8-18-10-3-4-13(19)11(16)7-10/h3-7,18-19H,8H2,1-2H3. The number of halogens is 2. The van der Waals surface area contributed by atoms with Gasteiger partial charge in [-0.3, -0.25) is 0 Å². The van der Waals surface area contributed by atoms with Crippen molar-refractivity contribution < 1.29 is 14.6 Å². The van der Waals surface area contributed by atoms with Crippen molar-refractivity contribution in [3.8, 4) is 17.2 Å². The zero-order valence-corrected chi connectivity index (χ0v) is 13.1. The molecule has 0 bridgehead atoms. The van der Waals surface area contributed by atoms with E-state index >= 15 is 0 Å². The van der Waals surface area contributed by atoms with Crippen molar-refractivity contribution in [2.75, 3.05) is 19.5 Å². The van der Waals surface area contributed by atoms with Crippen LogP contribution in [-0.4, -0.2) is 19.3 Å². The first kappa shape index (κ1) is 15.6. The molecule has 0 atom stereocenters. The van der Waals surface area contributed by atoms with Crippen molar-refractivity contribution in [3.05, 3.63) is 45.9 Å². The van der Waals surface area contributed by atoms with E-state index in [-0.39, 0.29) is 5.75 Å². The Morgan fingerprint density at radius 1 is 1.05 bits per heavy atom. The highest BCUT2D eigenvalue weighted by Gasteiger charge is 2.10. The summed E-state index contributed by atoms with van der Waals surface area (Å²) in [5.41, 5.74) is 1.73. The summed E-state index contributed by atoms with van der Waals surface area (Å²) in [5, 5.41) is 13.4. The molecular formula is C15H15Cl2NO3. The van der Waals surface area contributed by atoms with Crippen molar-refractivity contribution in [1.29, 1.82) is 0 Å². The van der Waals surface area contributed by atoms with Crippen LogP contribution in [0.1, 0.15) is 5.56 Å². The van der Waals surface area contributed by atoms with Gasteiger partial charge in [0.15, 0.2) is 11.5 Å². The van der Waals surface area contributed by atoms with Crippen LogP contribution in [0.5, 0.6) is 17.2 Å². The van der Waals surface area contributed by atoms with E-state index in [0.717, 1.165) is 11.3 Å². The Labute approximate surface area is 133 Å². The molecule has 4 nitrogen and oxygen atoms in total. The third kappa shape index (κ3) is 3.65. The van der Waals surface area contributed by atoms with Crippen LogP contribution in [0, 0.1) is 0 Å². The number of hydrogen-bond donors (Lipinski definition) is 2. The average Bonchev–Trinajstić information content (AvgIpc) is 2.47. The summed E-state index contributed by atoms with van der Waals surface area (Å²) in [4.78, 5) is 0. The zero-order valence-electron chi connectivity index (χ0n) is 11.6. The molecule has 0 aliphatic heterocycles. The van der Waals surface area contributed by atoms with E-state index in [0.29, 0.717) is 28.1 Å². The van der Waals surface area contributed by atoms with E-state index < -0.39 is 0 Å². The molecule has 0 amide bonds. The number of ether oxygens (including phenoxy) is 2. The van der Waals surface area contributed by atoms with E-state index in [1.54, 1.807) is 32.4 Å². The largest absolute Gasteiger partial charge is 0.506 e. The Kier molecular flexibility index (Phi) is 5.04. The van der Waals surface area contributed by atoms with Gasteiger partial charge >= 0.3 is 0 Å². The Balaban J connectivity index is 2.16. The van der Waals surface area contributed by atoms with Crippen LogP contribution < -0.4 is 14.8 Å². The Hall–Kier alpha value is -1.78. The number of phenols is 1. The zero-order chi connectivity index (χ0) is 15.4. The Morgan fingerprint density at radius 2 is 1.81 bits per heavy atom. The highest BCUT2D eigenvalue weighted by molar-refractivity contribution is 6.32. The van der Waals surface area contributed by atoms with Gasteiger partial charge < -0.3 is 19.9 Å². The van der Waals surface area contributed by atoms with Crippen molar-refractivity contribution >= 4 is 28.9 Å². The van der Waals surface area contributed by atoms with Gasteiger partial charge in [0.05, 0.1) is 24.3 Å². The maximum atomic E-state index is 9.38. The fourth-order valence-electron chi connectivity index (χ4n) is 1.89. The van der Waals surface area contributed by atoms with Crippen LogP contribution >= 0.6 is 23.2 Å². The Bertz CT molecular complexity index is 647. The molecule has 0 saturated heterocycles. The molecule has 2 aromatic rings. The molecule has 0 saturated carbocycles. The van der Waals surface area contributed by atoms with Gasteiger partial charge in [0.25, 0.3) is 0 Å². The molecule has 0 radical (unpaired) electrons. The SMILES string of the molecule is COc1cc(CNc2ccc(O)c(Cl)c2)cc(Cl)c1OC. The minimum absolute atomic E-state index is 0.0522. The first-order valence-corrected chi connectivity index (χ1v) is 6.93. The number of phenolic OH excluding ortho intramolecular Hbond substituents is 1. The van der Waals surface area contributed by atoms with Crippen LogP contribution in [-0.2, 0) is 6.54 Å². The number of nitrogens with one attached hydrogen (secondary N) is 1. The highest BCUT2D eigenvalue weighted by atomic mass is 35.5. The second-order valence-corrected chi connectivity index (χ2v) is 5.15. The molecule has 21 heavy (non-hydrogen) atoms. The molecule has 2 rings (SSSR count). The molecule has 112 valence electrons. The summed E-state index contributed by atoms with van der Waals surface area (Å²) >= 11 is 12.0. The summed E-state index contributed by atoms with van der Waals surface area (Å²) in [6.07, 6.45) is 0. The molecule has 0 unspecified atom stereocenters. The topological polar surface area (TPSA) is 50.7 Å². The van der Waals surface area contributed by atoms with Gasteiger partial charge in [-0.15, -0.1) is 0 Å². The maximum absolute atomic E-state index is 9.38. The van der Waals surface area contributed by atoms with Gasteiger partial charge in [0.2, 0.25) is 0 Å². The summed E-state index contributed by atoms with van der Waals surface area (Å²) in [6, 6.07) is 8.58. The number of benzene rings is 2. The van der Waals surface area contributed by atoms with E-state index in [1.165, 1.54) is 6.07 Å². The summed E-state index contributed by atoms with van der Waals surface area (Å²) in [5.74, 6) is 1.14. The quantitative estimate of drug-likeness (QED) is 0.802. The van der Waals surface area contributed by atoms with Gasteiger partial charge in [-0.1, -0.05) is 23.2 Å². The predicted octanol–water partition coefficient (Wildman–Crippen LogP) is 4.33. The molecule has 0 heterocycles. The number of aromatic hydroxyl groups is 1. The van der Waals surface area contributed by atoms with Gasteiger partial charge in [0, 0.05) is 12.2 Å². The summed E-state index contributed by atoms with van der Waals surface area (Å²) < 4.78 is 10.4. The van der Waals surface area contributed by atoms with Crippen LogP contribution in [0.3, 0.4) is 0 Å². The van der Waals surface area contributed by atoms with Crippen LogP contribution in [0.4, 0.5) is 5.69 Å². The number of anilines is 1. The van der Waals surface area contributed by atoms with Crippen molar-refractivity contribution in [2.45, 2.75) is 6.54 Å². The van der Waals surface area contributed by atoms with E-state index in [4.69, 9.17) is 32.7 Å². The van der Waals surface area contributed by atoms with Crippen molar-refractivity contribution in [3.63, 3.8) is 0 Å². The average molecular weight is 328 g/mol. The van der Waals surface area contributed by atoms with E-state index in [1.807, 2.05) is 6.07 Å². The molecule has 0 spiro atoms. The number of hydrogen-bond acceptors (Lipinski definition) is 4. The maximum Gasteiger partial charge on any atom is 0.179 e. The lowest BCUT2D eigenvalue weighted by Gasteiger charge is -2.13. The second-order valence-electron chi connectivity index (χ2n) is 4.33. The first-order valence-electron chi connectivity index (χ1n) is 6.18. The number of methoxy groups -OCH3 is 2. The molecular weight excluding hydrogens is 313 g/mol. The minimum Gasteiger partial charge on any atom is -0.506 e. The lowest BCUT2D eigenvalue weighted by molar-refractivity contribution is 0.355. The fourth-order valence-corrected chi connectivity index (χ4v) is 2.39. The Morgan fingerprint density at radius 3 is 2.43 bits per heavy atom. The molecule has 0 aromatic heterocycles. The fraction of sp³-hybridized carbons (Fsp3) is 0.200. The second kappa shape index (κ2) is 6.78. The van der Waals surface area contributed by atoms with Crippen molar-refractivity contribution in [2.24, 2.45) is 0 Å². The molecule has 2 aromatic carbocycles. The summed E-state index contributed by atoms with van der Waals surface area (Å²) in [7, 11) is 3.10. The van der Waals surface area contributed by atoms with Crippen LogP contribution in [0.2, 0.25) is 10.0 Å². The minimum atomic E-state index is 0.0522. The smallest absolute Gasteiger partial charge is 0.179 e. The van der Waals surface area contributed by atoms with Gasteiger partial charge in [-0.25, -0.2) is 0 Å². The summed E-state index contributed by atoms with van der Waals surface area (Å²) in [6.45, 7) is 0.529. The number of rotatable bonds is 5. The van der Waals surface area contributed by atoms with Gasteiger partial charge in [-0.05, 0) is 35.9 Å². The van der Waals surface area contributed by atoms with E-state index in [2.05, 4.69) is 5.32 Å². The van der Waals surface area contributed by atoms with Crippen LogP contribution in [0.25, 0.3) is 0 Å². The third-order valence-electron chi connectivity index (χ3n) is 2.94. The first-order chi connectivity index (χ1) is 10.0. The lowest BCUT2D eigenvalue weighted by atomic mass is 10.2. The third-order valence-corrected chi connectivity index (χ3v) is 3.52. The normalized spacial score (nSPS) is 10.3.